The molecule has 0 N–H and O–H groups in total. The van der Waals surface area contributed by atoms with E-state index in [4.69, 9.17) is 9.72 Å². The first-order chi connectivity index (χ1) is 19.1. The Morgan fingerprint density at radius 2 is 1.59 bits per heavy atom. The molecule has 3 aromatic carbocycles. The molecule has 3 saturated heterocycles. The second kappa shape index (κ2) is 9.13. The van der Waals surface area contributed by atoms with Crippen LogP contribution in [0.3, 0.4) is 0 Å². The first-order valence-electron chi connectivity index (χ1n) is 13.4. The van der Waals surface area contributed by atoms with Crippen LogP contribution in [0.5, 0.6) is 0 Å². The van der Waals surface area contributed by atoms with Crippen LogP contribution < -0.4 is 4.90 Å². The zero-order valence-electron chi connectivity index (χ0n) is 21.3. The van der Waals surface area contributed by atoms with Gasteiger partial charge in [0.05, 0.1) is 34.8 Å². The van der Waals surface area contributed by atoms with E-state index in [2.05, 4.69) is 0 Å². The predicted octanol–water partition coefficient (Wildman–Crippen LogP) is 4.67. The number of anilines is 1. The van der Waals surface area contributed by atoms with Gasteiger partial charge in [-0.2, -0.15) is 0 Å². The summed E-state index contributed by atoms with van der Waals surface area (Å²) in [5, 5.41) is 0.991. The number of esters is 1. The molecule has 194 valence electrons. The maximum atomic E-state index is 14.2. The summed E-state index contributed by atoms with van der Waals surface area (Å²) in [6.45, 7) is 0.689. The molecule has 0 aliphatic carbocycles. The highest BCUT2D eigenvalue weighted by atomic mass is 16.5. The molecule has 7 rings (SSSR count). The van der Waals surface area contributed by atoms with Crippen LogP contribution in [0.4, 0.5) is 5.69 Å². The van der Waals surface area contributed by atoms with Crippen LogP contribution in [0.15, 0.2) is 97.1 Å². The van der Waals surface area contributed by atoms with Crippen molar-refractivity contribution < 1.29 is 19.1 Å². The molecule has 4 heterocycles. The summed E-state index contributed by atoms with van der Waals surface area (Å²) in [5.41, 5.74) is 1.66. The van der Waals surface area contributed by atoms with Gasteiger partial charge in [-0.1, -0.05) is 72.8 Å². The van der Waals surface area contributed by atoms with Gasteiger partial charge in [0, 0.05) is 11.9 Å². The number of nitrogens with zero attached hydrogens (tertiary/aromatic N) is 3. The van der Waals surface area contributed by atoms with Crippen LogP contribution in [-0.2, 0) is 25.7 Å². The molecule has 2 amide bonds. The van der Waals surface area contributed by atoms with Crippen LogP contribution in [0.1, 0.15) is 30.1 Å². The predicted molar refractivity (Wildman–Crippen MR) is 145 cm³/mol. The van der Waals surface area contributed by atoms with Crippen LogP contribution in [0.25, 0.3) is 10.9 Å². The fourth-order valence-electron chi connectivity index (χ4n) is 6.90. The third kappa shape index (κ3) is 3.53. The number of pyridine rings is 1. The summed E-state index contributed by atoms with van der Waals surface area (Å²) in [4.78, 5) is 50.6. The van der Waals surface area contributed by atoms with Crippen molar-refractivity contribution >= 4 is 34.4 Å². The lowest BCUT2D eigenvalue weighted by Gasteiger charge is -2.36. The van der Waals surface area contributed by atoms with Gasteiger partial charge in [-0.25, -0.2) is 4.90 Å². The molecule has 1 aromatic heterocycles. The number of carbonyl (C=O) groups is 3. The normalized spacial score (nSPS) is 26.2. The van der Waals surface area contributed by atoms with E-state index in [1.54, 1.807) is 24.3 Å². The maximum Gasteiger partial charge on any atom is 0.327 e. The van der Waals surface area contributed by atoms with Gasteiger partial charge in [0.15, 0.2) is 0 Å². The molecule has 39 heavy (non-hydrogen) atoms. The molecule has 0 bridgehead atoms. The Labute approximate surface area is 226 Å². The van der Waals surface area contributed by atoms with Gasteiger partial charge >= 0.3 is 5.97 Å². The lowest BCUT2D eigenvalue weighted by molar-refractivity contribution is -0.161. The van der Waals surface area contributed by atoms with E-state index >= 15 is 0 Å². The van der Waals surface area contributed by atoms with Gasteiger partial charge in [0.1, 0.15) is 12.1 Å². The molecule has 7 nitrogen and oxygen atoms in total. The van der Waals surface area contributed by atoms with Gasteiger partial charge < -0.3 is 4.74 Å². The van der Waals surface area contributed by atoms with Crippen LogP contribution in [-0.4, -0.2) is 39.8 Å². The highest BCUT2D eigenvalue weighted by molar-refractivity contribution is 6.24. The monoisotopic (exact) mass is 517 g/mol. The highest BCUT2D eigenvalue weighted by Gasteiger charge is 2.74. The SMILES string of the molecule is O=C1[C@@H]2[C@H](c3ccc4ccccc4n3)N3CCC[C@@]3(C(=O)OCc3ccccc3)[C@H]2C(=O)N1c1ccccc1. The molecule has 3 fully saturated rings. The lowest BCUT2D eigenvalue weighted by Crippen LogP contribution is -2.54. The first-order valence-corrected chi connectivity index (χ1v) is 13.4. The molecule has 0 unspecified atom stereocenters. The fourth-order valence-corrected chi connectivity index (χ4v) is 6.90. The summed E-state index contributed by atoms with van der Waals surface area (Å²) in [6.07, 6.45) is 1.17. The standard InChI is InChI=1S/C32H27N3O4/c36-29-26-27(30(37)35(29)23-13-5-2-6-14-23)32(31(38)39-20-21-10-3-1-4-11-21)18-9-19-34(32)28(26)25-17-16-22-12-7-8-15-24(22)33-25/h1-8,10-17,26-28H,9,18-20H2/t26-,27+,28-,32-/m0/s1. The third-order valence-electron chi connectivity index (χ3n) is 8.51. The number of hydrogen-bond acceptors (Lipinski definition) is 6. The zero-order valence-corrected chi connectivity index (χ0v) is 21.3. The molecule has 0 spiro atoms. The fraction of sp³-hybridized carbons (Fsp3) is 0.250. The second-order valence-corrected chi connectivity index (χ2v) is 10.5. The van der Waals surface area contributed by atoms with E-state index in [1.165, 1.54) is 4.90 Å². The molecule has 3 aliphatic rings. The molecule has 3 aliphatic heterocycles. The van der Waals surface area contributed by atoms with Gasteiger partial charge in [0.2, 0.25) is 11.8 Å². The second-order valence-electron chi connectivity index (χ2n) is 10.5. The Balaban J connectivity index is 1.34. The summed E-state index contributed by atoms with van der Waals surface area (Å²) in [6, 6.07) is 29.7. The lowest BCUT2D eigenvalue weighted by atomic mass is 9.78. The zero-order chi connectivity index (χ0) is 26.6. The maximum absolute atomic E-state index is 14.2. The summed E-state index contributed by atoms with van der Waals surface area (Å²) >= 11 is 0. The Morgan fingerprint density at radius 1 is 0.872 bits per heavy atom. The number of imide groups is 1. The van der Waals surface area contributed by atoms with Crippen LogP contribution in [0, 0.1) is 11.8 Å². The number of benzene rings is 3. The van der Waals surface area contributed by atoms with Crippen molar-refractivity contribution in [3.63, 3.8) is 0 Å². The topological polar surface area (TPSA) is 79.8 Å². The van der Waals surface area contributed by atoms with Crippen molar-refractivity contribution in [2.45, 2.75) is 31.0 Å². The molecule has 4 atom stereocenters. The number of ether oxygens (including phenoxy) is 1. The number of rotatable bonds is 5. The van der Waals surface area contributed by atoms with Crippen molar-refractivity contribution in [3.05, 3.63) is 108 Å². The van der Waals surface area contributed by atoms with Gasteiger partial charge in [-0.3, -0.25) is 24.3 Å². The molecular weight excluding hydrogens is 490 g/mol. The van der Waals surface area contributed by atoms with Crippen molar-refractivity contribution in [2.24, 2.45) is 11.8 Å². The number of fused-ring (bicyclic) bond motifs is 4. The Morgan fingerprint density at radius 3 is 2.38 bits per heavy atom. The average molecular weight is 518 g/mol. The number of amides is 2. The van der Waals surface area contributed by atoms with Crippen molar-refractivity contribution in [1.29, 1.82) is 0 Å². The molecule has 0 radical (unpaired) electrons. The van der Waals surface area contributed by atoms with E-state index in [1.807, 2.05) is 77.7 Å². The summed E-state index contributed by atoms with van der Waals surface area (Å²) in [5.74, 6) is -2.67. The van der Waals surface area contributed by atoms with E-state index in [0.29, 0.717) is 24.3 Å². The average Bonchev–Trinajstić information content (AvgIpc) is 3.61. The number of hydrogen-bond donors (Lipinski definition) is 0. The molecule has 7 heteroatoms. The molecule has 4 aromatic rings. The summed E-state index contributed by atoms with van der Waals surface area (Å²) in [7, 11) is 0. The molecule has 0 saturated carbocycles. The van der Waals surface area contributed by atoms with E-state index in [-0.39, 0.29) is 18.4 Å². The Kier molecular flexibility index (Phi) is 5.56. The quantitative estimate of drug-likeness (QED) is 0.283. The van der Waals surface area contributed by atoms with Crippen molar-refractivity contribution in [1.82, 2.24) is 9.88 Å². The number of para-hydroxylation sites is 2. The van der Waals surface area contributed by atoms with Gasteiger partial charge in [-0.05, 0) is 42.7 Å². The van der Waals surface area contributed by atoms with E-state index in [9.17, 15) is 14.4 Å². The third-order valence-corrected chi connectivity index (χ3v) is 8.51. The minimum Gasteiger partial charge on any atom is -0.459 e. The largest absolute Gasteiger partial charge is 0.459 e. The minimum atomic E-state index is -1.23. The number of aromatic nitrogens is 1. The summed E-state index contributed by atoms with van der Waals surface area (Å²) < 4.78 is 5.92. The smallest absolute Gasteiger partial charge is 0.327 e. The Hall–Kier alpha value is -4.36. The minimum absolute atomic E-state index is 0.107. The highest BCUT2D eigenvalue weighted by Crippen LogP contribution is 2.59. The van der Waals surface area contributed by atoms with E-state index in [0.717, 1.165) is 22.9 Å². The Bertz CT molecular complexity index is 1590. The van der Waals surface area contributed by atoms with E-state index < -0.39 is 29.4 Å². The van der Waals surface area contributed by atoms with Gasteiger partial charge in [-0.15, -0.1) is 0 Å². The first kappa shape index (κ1) is 23.7. The van der Waals surface area contributed by atoms with Crippen molar-refractivity contribution in [3.8, 4) is 0 Å². The van der Waals surface area contributed by atoms with Crippen LogP contribution in [0.2, 0.25) is 0 Å². The number of carbonyl (C=O) groups excluding carboxylic acids is 3. The molecular formula is C32H27N3O4. The van der Waals surface area contributed by atoms with Crippen molar-refractivity contribution in [2.75, 3.05) is 11.4 Å². The van der Waals surface area contributed by atoms with Gasteiger partial charge in [0.25, 0.3) is 0 Å². The van der Waals surface area contributed by atoms with Crippen LogP contribution >= 0.6 is 0 Å².